The van der Waals surface area contributed by atoms with Crippen LogP contribution in [0.15, 0.2) is 17.1 Å². The molecule has 0 spiro atoms. The van der Waals surface area contributed by atoms with Crippen molar-refractivity contribution in [2.24, 2.45) is 0 Å². The van der Waals surface area contributed by atoms with Gasteiger partial charge in [-0.15, -0.1) is 0 Å². The molecule has 0 aromatic carbocycles. The molecule has 166 valence electrons. The van der Waals surface area contributed by atoms with E-state index >= 15 is 0 Å². The third-order valence-electron chi connectivity index (χ3n) is 4.07. The number of rotatable bonds is 8. The first-order chi connectivity index (χ1) is 13.1. The first-order valence-corrected chi connectivity index (χ1v) is 20.3. The summed E-state index contributed by atoms with van der Waals surface area (Å²) in [6.07, 6.45) is -0.0995. The fraction of sp³-hybridized carbons (Fsp3) is 0.778. The van der Waals surface area contributed by atoms with E-state index in [1.165, 1.54) is 4.57 Å². The number of ether oxygens (including phenoxy) is 1. The molecule has 2 rings (SSSR count). The molecule has 11 heteroatoms. The average molecular weight is 460 g/mol. The molecule has 2 N–H and O–H groups in total. The van der Waals surface area contributed by atoms with Crippen LogP contribution in [0.25, 0.3) is 0 Å². The minimum atomic E-state index is -1.97. The van der Waals surface area contributed by atoms with Gasteiger partial charge in [-0.25, -0.2) is 4.79 Å². The highest BCUT2D eigenvalue weighted by Gasteiger charge is 2.50. The Hall–Kier alpha value is -0.829. The molecule has 0 saturated carbocycles. The van der Waals surface area contributed by atoms with Crippen molar-refractivity contribution in [1.82, 2.24) is 9.55 Å². The van der Waals surface area contributed by atoms with Gasteiger partial charge >= 0.3 is 5.69 Å². The summed E-state index contributed by atoms with van der Waals surface area (Å²) in [6.45, 7) is 19.6. The van der Waals surface area contributed by atoms with E-state index in [2.05, 4.69) is 63.9 Å². The lowest BCUT2D eigenvalue weighted by Crippen LogP contribution is -2.49. The number of hydrogen-bond acceptors (Lipinski definition) is 7. The summed E-state index contributed by atoms with van der Waals surface area (Å²) < 4.78 is 27.0. The van der Waals surface area contributed by atoms with Crippen LogP contribution < -0.4 is 11.4 Å². The molecule has 0 radical (unpaired) electrons. The summed E-state index contributed by atoms with van der Waals surface area (Å²) in [5.41, 5.74) is 5.21. The van der Waals surface area contributed by atoms with Gasteiger partial charge in [0, 0.05) is 6.20 Å². The highest BCUT2D eigenvalue weighted by Crippen LogP contribution is 2.36. The summed E-state index contributed by atoms with van der Waals surface area (Å²) in [7, 11) is -5.65. The summed E-state index contributed by atoms with van der Waals surface area (Å²) >= 11 is 0. The van der Waals surface area contributed by atoms with Gasteiger partial charge in [-0.2, -0.15) is 4.98 Å². The maximum absolute atomic E-state index is 12.5. The van der Waals surface area contributed by atoms with E-state index < -0.39 is 43.0 Å². The van der Waals surface area contributed by atoms with Crippen LogP contribution in [0.3, 0.4) is 0 Å². The third kappa shape index (κ3) is 7.42. The van der Waals surface area contributed by atoms with E-state index in [0.29, 0.717) is 6.61 Å². The van der Waals surface area contributed by atoms with Gasteiger partial charge in [-0.05, 0) is 65.0 Å². The van der Waals surface area contributed by atoms with Crippen LogP contribution in [0.1, 0.15) is 6.23 Å². The fourth-order valence-electron chi connectivity index (χ4n) is 3.10. The van der Waals surface area contributed by atoms with Crippen LogP contribution in [0.5, 0.6) is 0 Å². The predicted molar refractivity (Wildman–Crippen MR) is 123 cm³/mol. The topological polar surface area (TPSA) is 97.8 Å². The van der Waals surface area contributed by atoms with Crippen molar-refractivity contribution in [3.8, 4) is 0 Å². The molecular weight excluding hydrogens is 422 g/mol. The number of nitrogens with two attached hydrogens (primary N) is 1. The Balaban J connectivity index is 2.45. The lowest BCUT2D eigenvalue weighted by atomic mass is 10.1. The Morgan fingerprint density at radius 1 is 1.00 bits per heavy atom. The highest BCUT2D eigenvalue weighted by molar-refractivity contribution is 6.70. The third-order valence-corrected chi connectivity index (χ3v) is 7.06. The molecule has 1 fully saturated rings. The molecule has 1 aliphatic rings. The van der Waals surface area contributed by atoms with Crippen molar-refractivity contribution in [2.75, 3.05) is 12.3 Å². The molecule has 1 aromatic heterocycles. The summed E-state index contributed by atoms with van der Waals surface area (Å²) in [5, 5.41) is 0. The molecule has 0 unspecified atom stereocenters. The molecule has 1 aliphatic heterocycles. The van der Waals surface area contributed by atoms with E-state index in [1.54, 1.807) is 12.3 Å². The standard InChI is InChI=1S/C18H37N3O5Si3/c1-27(2,3)23-12-13-15(25-28(4,5)6)16(26-29(7,8)9)17(24-13)21-11-10-14(19)20-18(21)22/h10-11,13,15-17H,12H2,1-9H3,(H2,19,20,22)/t13-,15-,16+,17-/m1/s1. The Labute approximate surface area is 177 Å². The lowest BCUT2D eigenvalue weighted by molar-refractivity contribution is -0.0496. The minimum absolute atomic E-state index is 0.181. The van der Waals surface area contributed by atoms with Gasteiger partial charge < -0.3 is 23.7 Å². The van der Waals surface area contributed by atoms with Crippen molar-refractivity contribution < 1.29 is 18.0 Å². The summed E-state index contributed by atoms with van der Waals surface area (Å²) in [5.74, 6) is 0.181. The number of nitrogen functional groups attached to an aromatic ring is 1. The Kier molecular flexibility index (Phi) is 7.36. The van der Waals surface area contributed by atoms with Crippen molar-refractivity contribution in [1.29, 1.82) is 0 Å². The lowest BCUT2D eigenvalue weighted by Gasteiger charge is -2.34. The van der Waals surface area contributed by atoms with Crippen LogP contribution in [0.4, 0.5) is 5.82 Å². The van der Waals surface area contributed by atoms with Gasteiger partial charge in [-0.3, -0.25) is 4.57 Å². The van der Waals surface area contributed by atoms with Crippen LogP contribution in [-0.2, 0) is 18.0 Å². The maximum atomic E-state index is 12.5. The molecule has 0 amide bonds. The van der Waals surface area contributed by atoms with Crippen molar-refractivity contribution in [3.05, 3.63) is 22.7 Å². The Morgan fingerprint density at radius 3 is 2.03 bits per heavy atom. The first-order valence-electron chi connectivity index (χ1n) is 10.1. The van der Waals surface area contributed by atoms with Gasteiger partial charge in [0.05, 0.1) is 6.61 Å². The van der Waals surface area contributed by atoms with Gasteiger partial charge in [-0.1, -0.05) is 0 Å². The summed E-state index contributed by atoms with van der Waals surface area (Å²) in [6, 6.07) is 1.59. The second-order valence-electron chi connectivity index (χ2n) is 10.4. The van der Waals surface area contributed by atoms with E-state index in [1.807, 2.05) is 0 Å². The largest absolute Gasteiger partial charge is 0.415 e. The minimum Gasteiger partial charge on any atom is -0.415 e. The average Bonchev–Trinajstić information content (AvgIpc) is 2.79. The van der Waals surface area contributed by atoms with Crippen LogP contribution in [-0.4, -0.2) is 59.4 Å². The number of hydrogen-bond donors (Lipinski definition) is 1. The van der Waals surface area contributed by atoms with Crippen LogP contribution >= 0.6 is 0 Å². The molecule has 1 saturated heterocycles. The van der Waals surface area contributed by atoms with E-state index in [-0.39, 0.29) is 18.0 Å². The van der Waals surface area contributed by atoms with Gasteiger partial charge in [0.15, 0.2) is 31.2 Å². The number of nitrogens with zero attached hydrogens (tertiary/aromatic N) is 2. The van der Waals surface area contributed by atoms with Crippen molar-refractivity contribution >= 4 is 30.8 Å². The molecule has 4 atom stereocenters. The second-order valence-corrected chi connectivity index (χ2v) is 23.9. The highest BCUT2D eigenvalue weighted by atomic mass is 28.4. The van der Waals surface area contributed by atoms with Crippen molar-refractivity contribution in [2.45, 2.75) is 83.5 Å². The number of anilines is 1. The van der Waals surface area contributed by atoms with E-state index in [9.17, 15) is 4.79 Å². The zero-order valence-electron chi connectivity index (χ0n) is 19.2. The monoisotopic (exact) mass is 459 g/mol. The molecule has 0 bridgehead atoms. The molecule has 0 aliphatic carbocycles. The quantitative estimate of drug-likeness (QED) is 0.597. The fourth-order valence-corrected chi connectivity index (χ4v) is 5.94. The zero-order chi connectivity index (χ0) is 22.2. The predicted octanol–water partition coefficient (Wildman–Crippen LogP) is 3.01. The Morgan fingerprint density at radius 2 is 1.55 bits per heavy atom. The van der Waals surface area contributed by atoms with Crippen LogP contribution in [0.2, 0.25) is 58.9 Å². The van der Waals surface area contributed by atoms with Crippen LogP contribution in [0, 0.1) is 0 Å². The molecular formula is C18H37N3O5Si3. The van der Waals surface area contributed by atoms with Gasteiger partial charge in [0.25, 0.3) is 0 Å². The SMILES string of the molecule is C[Si](C)(C)OC[C@H]1O[C@@H](n2ccc(N)nc2=O)[C@@H](O[Si](C)(C)C)[C@@H]1O[Si](C)(C)C. The van der Waals surface area contributed by atoms with E-state index in [4.69, 9.17) is 23.7 Å². The first kappa shape index (κ1) is 24.4. The summed E-state index contributed by atoms with van der Waals surface area (Å²) in [4.78, 5) is 16.4. The second kappa shape index (κ2) is 8.73. The molecule has 2 heterocycles. The number of aromatic nitrogens is 2. The Bertz CT molecular complexity index is 755. The normalized spacial score (nSPS) is 26.1. The molecule has 1 aromatic rings. The van der Waals surface area contributed by atoms with Gasteiger partial charge in [0.1, 0.15) is 24.1 Å². The zero-order valence-corrected chi connectivity index (χ0v) is 22.2. The smallest absolute Gasteiger partial charge is 0.351 e. The van der Waals surface area contributed by atoms with Gasteiger partial charge in [0.2, 0.25) is 0 Å². The maximum Gasteiger partial charge on any atom is 0.351 e. The molecule has 29 heavy (non-hydrogen) atoms. The van der Waals surface area contributed by atoms with E-state index in [0.717, 1.165) is 0 Å². The molecule has 8 nitrogen and oxygen atoms in total. The van der Waals surface area contributed by atoms with Crippen molar-refractivity contribution in [3.63, 3.8) is 0 Å².